The number of amides is 2. The quantitative estimate of drug-likeness (QED) is 0.916. The first-order valence-electron chi connectivity index (χ1n) is 6.75. The lowest BCUT2D eigenvalue weighted by Crippen LogP contribution is -2.40. The Morgan fingerprint density at radius 1 is 1.47 bits per heavy atom. The van der Waals surface area contributed by atoms with Crippen molar-refractivity contribution in [3.63, 3.8) is 0 Å². The second-order valence-corrected chi connectivity index (χ2v) is 6.03. The van der Waals surface area contributed by atoms with Gasteiger partial charge in [0, 0.05) is 24.3 Å². The van der Waals surface area contributed by atoms with Gasteiger partial charge in [0.15, 0.2) is 5.13 Å². The van der Waals surface area contributed by atoms with E-state index in [1.807, 2.05) is 5.38 Å². The second kappa shape index (κ2) is 5.28. The molecule has 0 spiro atoms. The number of aromatic nitrogens is 1. The van der Waals surface area contributed by atoms with Gasteiger partial charge in [0.25, 0.3) is 0 Å². The van der Waals surface area contributed by atoms with Crippen LogP contribution >= 0.6 is 11.3 Å². The molecule has 1 N–H and O–H groups in total. The van der Waals surface area contributed by atoms with E-state index in [1.54, 1.807) is 4.90 Å². The Hall–Kier alpha value is -1.43. The zero-order valence-corrected chi connectivity index (χ0v) is 11.5. The fraction of sp³-hybridized carbons (Fsp3) is 0.615. The Morgan fingerprint density at radius 3 is 3.05 bits per heavy atom. The lowest BCUT2D eigenvalue weighted by molar-refractivity contribution is -0.136. The Kier molecular flexibility index (Phi) is 3.50. The van der Waals surface area contributed by atoms with Crippen LogP contribution in [0.3, 0.4) is 0 Å². The molecule has 0 radical (unpaired) electrons. The Morgan fingerprint density at radius 2 is 2.32 bits per heavy atom. The summed E-state index contributed by atoms with van der Waals surface area (Å²) in [7, 11) is 0. The van der Waals surface area contributed by atoms with E-state index in [9.17, 15) is 9.59 Å². The number of thiazole rings is 1. The van der Waals surface area contributed by atoms with Gasteiger partial charge in [-0.25, -0.2) is 4.98 Å². The van der Waals surface area contributed by atoms with Crippen molar-refractivity contribution < 1.29 is 9.59 Å². The topological polar surface area (TPSA) is 62.3 Å². The summed E-state index contributed by atoms with van der Waals surface area (Å²) in [5.74, 6) is 0.539. The maximum Gasteiger partial charge on any atom is 0.245 e. The van der Waals surface area contributed by atoms with E-state index in [2.05, 4.69) is 10.3 Å². The summed E-state index contributed by atoms with van der Waals surface area (Å²) < 4.78 is 0. The normalized spacial score (nSPS) is 19.6. The van der Waals surface area contributed by atoms with Gasteiger partial charge in [-0.2, -0.15) is 0 Å². The molecular weight excluding hydrogens is 262 g/mol. The number of hydrogen-bond acceptors (Lipinski definition) is 4. The average molecular weight is 279 g/mol. The molecule has 2 aliphatic rings. The van der Waals surface area contributed by atoms with Gasteiger partial charge in [0.2, 0.25) is 11.8 Å². The van der Waals surface area contributed by atoms with Crippen molar-refractivity contribution in [2.24, 2.45) is 0 Å². The maximum absolute atomic E-state index is 11.9. The lowest BCUT2D eigenvalue weighted by Gasteiger charge is -2.25. The summed E-state index contributed by atoms with van der Waals surface area (Å²) >= 11 is 1.46. The largest absolute Gasteiger partial charge is 0.333 e. The highest BCUT2D eigenvalue weighted by Gasteiger charge is 2.26. The van der Waals surface area contributed by atoms with E-state index in [0.29, 0.717) is 24.0 Å². The molecule has 0 atom stereocenters. The molecule has 102 valence electrons. The van der Waals surface area contributed by atoms with Gasteiger partial charge in [0.05, 0.1) is 12.2 Å². The third kappa shape index (κ3) is 3.12. The third-order valence-corrected chi connectivity index (χ3v) is 4.30. The van der Waals surface area contributed by atoms with E-state index in [4.69, 9.17) is 0 Å². The molecule has 2 amide bonds. The first-order valence-corrected chi connectivity index (χ1v) is 7.63. The SMILES string of the molecule is O=C(CN1CCCCC1=O)Nc1nc(C2CC2)cs1. The number of anilines is 1. The number of nitrogens with one attached hydrogen (secondary N) is 1. The number of likely N-dealkylation sites (tertiary alicyclic amines) is 1. The summed E-state index contributed by atoms with van der Waals surface area (Å²) in [6.07, 6.45) is 4.91. The van der Waals surface area contributed by atoms with Crippen molar-refractivity contribution in [1.82, 2.24) is 9.88 Å². The number of piperidine rings is 1. The first-order chi connectivity index (χ1) is 9.22. The van der Waals surface area contributed by atoms with Gasteiger partial charge >= 0.3 is 0 Å². The number of hydrogen-bond donors (Lipinski definition) is 1. The molecule has 1 aromatic rings. The molecule has 0 aromatic carbocycles. The van der Waals surface area contributed by atoms with Crippen molar-refractivity contribution in [3.05, 3.63) is 11.1 Å². The molecular formula is C13H17N3O2S. The smallest absolute Gasteiger partial charge is 0.245 e. The molecule has 1 saturated heterocycles. The molecule has 19 heavy (non-hydrogen) atoms. The van der Waals surface area contributed by atoms with Crippen LogP contribution in [0.2, 0.25) is 0 Å². The molecule has 2 fully saturated rings. The monoisotopic (exact) mass is 279 g/mol. The molecule has 1 aliphatic carbocycles. The summed E-state index contributed by atoms with van der Waals surface area (Å²) in [5.41, 5.74) is 1.09. The predicted octanol–water partition coefficient (Wildman–Crippen LogP) is 1.97. The van der Waals surface area contributed by atoms with Crippen molar-refractivity contribution in [2.45, 2.75) is 38.0 Å². The molecule has 1 aliphatic heterocycles. The molecule has 3 rings (SSSR count). The second-order valence-electron chi connectivity index (χ2n) is 5.17. The van der Waals surface area contributed by atoms with Crippen LogP contribution in [-0.2, 0) is 9.59 Å². The van der Waals surface area contributed by atoms with Gasteiger partial charge in [-0.3, -0.25) is 9.59 Å². The Bertz CT molecular complexity index is 496. The van der Waals surface area contributed by atoms with Crippen LogP contribution in [0.5, 0.6) is 0 Å². The molecule has 6 heteroatoms. The Labute approximate surface area is 116 Å². The fourth-order valence-corrected chi connectivity index (χ4v) is 3.08. The summed E-state index contributed by atoms with van der Waals surface area (Å²) in [6.45, 7) is 0.842. The van der Waals surface area contributed by atoms with E-state index in [-0.39, 0.29) is 18.4 Å². The van der Waals surface area contributed by atoms with Crippen LogP contribution < -0.4 is 5.32 Å². The predicted molar refractivity (Wildman–Crippen MR) is 73.1 cm³/mol. The van der Waals surface area contributed by atoms with Crippen molar-refractivity contribution in [3.8, 4) is 0 Å². The van der Waals surface area contributed by atoms with E-state index in [0.717, 1.165) is 18.5 Å². The first kappa shape index (κ1) is 12.6. The Balaban J connectivity index is 1.53. The molecule has 2 heterocycles. The van der Waals surface area contributed by atoms with Gasteiger partial charge in [-0.15, -0.1) is 11.3 Å². The highest BCUT2D eigenvalue weighted by Crippen LogP contribution is 2.40. The minimum absolute atomic E-state index is 0.0826. The number of rotatable bonds is 4. The van der Waals surface area contributed by atoms with Gasteiger partial charge in [-0.1, -0.05) is 0 Å². The highest BCUT2D eigenvalue weighted by atomic mass is 32.1. The number of carbonyl (C=O) groups excluding carboxylic acids is 2. The molecule has 5 nitrogen and oxygen atoms in total. The minimum atomic E-state index is -0.146. The summed E-state index contributed by atoms with van der Waals surface area (Å²) in [6, 6.07) is 0. The number of carbonyl (C=O) groups is 2. The summed E-state index contributed by atoms with van der Waals surface area (Å²) in [4.78, 5) is 29.5. The van der Waals surface area contributed by atoms with Gasteiger partial charge < -0.3 is 10.2 Å². The van der Waals surface area contributed by atoms with Crippen molar-refractivity contribution in [1.29, 1.82) is 0 Å². The standard InChI is InChI=1S/C13H17N3O2S/c17-11(7-16-6-2-1-3-12(16)18)15-13-14-10(8-19-13)9-4-5-9/h8-9H,1-7H2,(H,14,15,17). The van der Waals surface area contributed by atoms with Crippen molar-refractivity contribution in [2.75, 3.05) is 18.4 Å². The summed E-state index contributed by atoms with van der Waals surface area (Å²) in [5, 5.41) is 5.45. The highest BCUT2D eigenvalue weighted by molar-refractivity contribution is 7.13. The van der Waals surface area contributed by atoms with Crippen LogP contribution in [0.25, 0.3) is 0 Å². The third-order valence-electron chi connectivity index (χ3n) is 3.52. The van der Waals surface area contributed by atoms with E-state index >= 15 is 0 Å². The van der Waals surface area contributed by atoms with Gasteiger partial charge in [0.1, 0.15) is 0 Å². The van der Waals surface area contributed by atoms with Crippen LogP contribution in [0.1, 0.15) is 43.7 Å². The minimum Gasteiger partial charge on any atom is -0.333 e. The lowest BCUT2D eigenvalue weighted by atomic mass is 10.1. The van der Waals surface area contributed by atoms with Gasteiger partial charge in [-0.05, 0) is 25.7 Å². The zero-order chi connectivity index (χ0) is 13.2. The molecule has 0 unspecified atom stereocenters. The maximum atomic E-state index is 11.9. The molecule has 0 bridgehead atoms. The molecule has 1 saturated carbocycles. The zero-order valence-electron chi connectivity index (χ0n) is 10.7. The average Bonchev–Trinajstić information content (AvgIpc) is 3.14. The fourth-order valence-electron chi connectivity index (χ4n) is 2.27. The van der Waals surface area contributed by atoms with E-state index in [1.165, 1.54) is 24.2 Å². The van der Waals surface area contributed by atoms with Crippen LogP contribution in [0.4, 0.5) is 5.13 Å². The van der Waals surface area contributed by atoms with Crippen molar-refractivity contribution >= 4 is 28.3 Å². The van der Waals surface area contributed by atoms with Crippen LogP contribution in [-0.4, -0.2) is 34.8 Å². The van der Waals surface area contributed by atoms with E-state index < -0.39 is 0 Å². The van der Waals surface area contributed by atoms with Crippen LogP contribution in [0, 0.1) is 0 Å². The number of nitrogens with zero attached hydrogens (tertiary/aromatic N) is 2. The molecule has 1 aromatic heterocycles. The van der Waals surface area contributed by atoms with Crippen LogP contribution in [0.15, 0.2) is 5.38 Å².